The summed E-state index contributed by atoms with van der Waals surface area (Å²) < 4.78 is 5.66. The van der Waals surface area contributed by atoms with Gasteiger partial charge in [-0.15, -0.1) is 0 Å². The van der Waals surface area contributed by atoms with Gasteiger partial charge in [-0.3, -0.25) is 4.79 Å². The smallest absolute Gasteiger partial charge is 0.222 e. The normalized spacial score (nSPS) is 25.7. The van der Waals surface area contributed by atoms with E-state index < -0.39 is 0 Å². The summed E-state index contributed by atoms with van der Waals surface area (Å²) in [6, 6.07) is 0.258. The van der Waals surface area contributed by atoms with E-state index in [0.29, 0.717) is 13.0 Å². The molecule has 0 aromatic heterocycles. The van der Waals surface area contributed by atoms with E-state index in [1.54, 1.807) is 0 Å². The summed E-state index contributed by atoms with van der Waals surface area (Å²) in [7, 11) is 0. The number of nitrogens with zero attached hydrogens (tertiary/aromatic N) is 2. The molecule has 0 saturated carbocycles. The van der Waals surface area contributed by atoms with Gasteiger partial charge in [0.25, 0.3) is 0 Å². The van der Waals surface area contributed by atoms with Crippen LogP contribution in [-0.4, -0.2) is 42.4 Å². The molecule has 0 bridgehead atoms. The Morgan fingerprint density at radius 1 is 1.40 bits per heavy atom. The molecule has 108 valence electrons. The minimum absolute atomic E-state index is 0.258. The van der Waals surface area contributed by atoms with Crippen molar-refractivity contribution in [3.05, 3.63) is 23.8 Å². The Bertz CT molecular complexity index is 465. The zero-order valence-corrected chi connectivity index (χ0v) is 11.9. The fourth-order valence-corrected chi connectivity index (χ4v) is 2.97. The molecule has 1 saturated heterocycles. The zero-order valence-electron chi connectivity index (χ0n) is 11.9. The van der Waals surface area contributed by atoms with Gasteiger partial charge in [0.2, 0.25) is 5.91 Å². The predicted molar refractivity (Wildman–Crippen MR) is 78.7 cm³/mol. The lowest BCUT2D eigenvalue weighted by Gasteiger charge is -2.14. The minimum atomic E-state index is 0.258. The molecule has 4 heteroatoms. The van der Waals surface area contributed by atoms with Gasteiger partial charge in [0.05, 0.1) is 6.04 Å². The molecule has 20 heavy (non-hydrogen) atoms. The molecular formula is C16H22N2O2. The van der Waals surface area contributed by atoms with Gasteiger partial charge < -0.3 is 9.64 Å². The lowest BCUT2D eigenvalue weighted by molar-refractivity contribution is -0.127. The topological polar surface area (TPSA) is 41.9 Å². The van der Waals surface area contributed by atoms with E-state index in [1.165, 1.54) is 5.57 Å². The van der Waals surface area contributed by atoms with E-state index in [0.717, 1.165) is 51.1 Å². The maximum atomic E-state index is 11.5. The number of carbonyl (C=O) groups is 1. The van der Waals surface area contributed by atoms with E-state index in [4.69, 9.17) is 4.74 Å². The largest absolute Gasteiger partial charge is 0.479 e. The first-order valence-electron chi connectivity index (χ1n) is 7.64. The second-order valence-corrected chi connectivity index (χ2v) is 5.68. The summed E-state index contributed by atoms with van der Waals surface area (Å²) in [6.45, 7) is 2.34. The van der Waals surface area contributed by atoms with Crippen molar-refractivity contribution in [1.82, 2.24) is 4.90 Å². The Morgan fingerprint density at radius 3 is 3.10 bits per heavy atom. The molecule has 0 radical (unpaired) electrons. The van der Waals surface area contributed by atoms with Crippen LogP contribution in [0.3, 0.4) is 0 Å². The van der Waals surface area contributed by atoms with Crippen molar-refractivity contribution in [2.24, 2.45) is 4.99 Å². The van der Waals surface area contributed by atoms with Crippen LogP contribution in [0.25, 0.3) is 0 Å². The van der Waals surface area contributed by atoms with Crippen molar-refractivity contribution in [3.8, 4) is 0 Å². The first kappa shape index (κ1) is 13.4. The monoisotopic (exact) mass is 274 g/mol. The third kappa shape index (κ3) is 3.30. The Hall–Kier alpha value is -1.58. The summed E-state index contributed by atoms with van der Waals surface area (Å²) in [5, 5.41) is 0. The summed E-state index contributed by atoms with van der Waals surface area (Å²) in [5.74, 6) is 1.10. The molecule has 0 N–H and O–H groups in total. The van der Waals surface area contributed by atoms with Crippen LogP contribution in [-0.2, 0) is 9.53 Å². The van der Waals surface area contributed by atoms with Crippen molar-refractivity contribution < 1.29 is 9.53 Å². The molecule has 3 aliphatic rings. The molecular weight excluding hydrogens is 252 g/mol. The fraction of sp³-hybridized carbons (Fsp3) is 0.625. The lowest BCUT2D eigenvalue weighted by atomic mass is 10.0. The number of hydrogen-bond acceptors (Lipinski definition) is 3. The number of amides is 1. The number of aliphatic imine (C=N–C) groups is 1. The average Bonchev–Trinajstić information content (AvgIpc) is 3.07. The van der Waals surface area contributed by atoms with Crippen LogP contribution in [0.4, 0.5) is 0 Å². The standard InChI is InChI=1S/C16H22N2O2/c19-16-7-4-9-18(16)10-8-15-17-14(12-20-15)11-13-5-2-1-3-6-13/h2,5-6,14H,1,3-4,7-12H2/t14-/m0/s1. The molecule has 4 nitrogen and oxygen atoms in total. The lowest BCUT2D eigenvalue weighted by Crippen LogP contribution is -2.27. The maximum absolute atomic E-state index is 11.5. The van der Waals surface area contributed by atoms with Crippen LogP contribution < -0.4 is 0 Å². The predicted octanol–water partition coefficient (Wildman–Crippen LogP) is 2.46. The van der Waals surface area contributed by atoms with Crippen molar-refractivity contribution in [2.75, 3.05) is 19.7 Å². The van der Waals surface area contributed by atoms with E-state index in [-0.39, 0.29) is 11.9 Å². The van der Waals surface area contributed by atoms with Gasteiger partial charge >= 0.3 is 0 Å². The minimum Gasteiger partial charge on any atom is -0.479 e. The van der Waals surface area contributed by atoms with Gasteiger partial charge in [-0.2, -0.15) is 0 Å². The van der Waals surface area contributed by atoms with E-state index in [1.807, 2.05) is 4.90 Å². The van der Waals surface area contributed by atoms with E-state index in [2.05, 4.69) is 23.2 Å². The van der Waals surface area contributed by atoms with Crippen LogP contribution in [0, 0.1) is 0 Å². The molecule has 1 amide bonds. The molecule has 1 atom stereocenters. The third-order valence-electron chi connectivity index (χ3n) is 4.08. The molecule has 0 spiro atoms. The zero-order chi connectivity index (χ0) is 13.8. The molecule has 0 unspecified atom stereocenters. The summed E-state index contributed by atoms with van der Waals surface area (Å²) >= 11 is 0. The average molecular weight is 274 g/mol. The Balaban J connectivity index is 1.46. The van der Waals surface area contributed by atoms with E-state index >= 15 is 0 Å². The molecule has 0 aromatic carbocycles. The summed E-state index contributed by atoms with van der Waals surface area (Å²) in [5.41, 5.74) is 1.38. The van der Waals surface area contributed by atoms with Gasteiger partial charge in [-0.1, -0.05) is 23.8 Å². The number of carbonyl (C=O) groups excluding carboxylic acids is 1. The number of likely N-dealkylation sites (tertiary alicyclic amines) is 1. The molecule has 2 aliphatic heterocycles. The fourth-order valence-electron chi connectivity index (χ4n) is 2.97. The highest BCUT2D eigenvalue weighted by molar-refractivity contribution is 5.81. The van der Waals surface area contributed by atoms with Gasteiger partial charge in [0.15, 0.2) is 5.90 Å². The van der Waals surface area contributed by atoms with Crippen LogP contribution in [0.5, 0.6) is 0 Å². The Labute approximate surface area is 120 Å². The molecule has 2 heterocycles. The van der Waals surface area contributed by atoms with Crippen molar-refractivity contribution in [3.63, 3.8) is 0 Å². The molecule has 3 rings (SSSR count). The molecule has 1 fully saturated rings. The van der Waals surface area contributed by atoms with Crippen LogP contribution >= 0.6 is 0 Å². The van der Waals surface area contributed by atoms with Crippen molar-refractivity contribution >= 4 is 11.8 Å². The highest BCUT2D eigenvalue weighted by atomic mass is 16.5. The van der Waals surface area contributed by atoms with Crippen molar-refractivity contribution in [2.45, 2.75) is 44.6 Å². The Kier molecular flexibility index (Phi) is 4.19. The SMILES string of the molecule is O=C1CCCN1CCC1=N[C@@H](CC2=CCCC=C2)CO1. The second kappa shape index (κ2) is 6.25. The highest BCUT2D eigenvalue weighted by Gasteiger charge is 2.23. The van der Waals surface area contributed by atoms with Gasteiger partial charge in [0.1, 0.15) is 6.61 Å². The van der Waals surface area contributed by atoms with E-state index in [9.17, 15) is 4.79 Å². The Morgan fingerprint density at radius 2 is 2.35 bits per heavy atom. The third-order valence-corrected chi connectivity index (χ3v) is 4.08. The first-order valence-corrected chi connectivity index (χ1v) is 7.64. The van der Waals surface area contributed by atoms with Crippen LogP contribution in [0.2, 0.25) is 0 Å². The van der Waals surface area contributed by atoms with Gasteiger partial charge in [-0.25, -0.2) is 4.99 Å². The van der Waals surface area contributed by atoms with Crippen molar-refractivity contribution in [1.29, 1.82) is 0 Å². The molecule has 0 aromatic rings. The molecule has 1 aliphatic carbocycles. The second-order valence-electron chi connectivity index (χ2n) is 5.68. The summed E-state index contributed by atoms with van der Waals surface area (Å²) in [4.78, 5) is 18.1. The number of rotatable bonds is 5. The number of allylic oxidation sites excluding steroid dienone is 3. The van der Waals surface area contributed by atoms with Crippen LogP contribution in [0.15, 0.2) is 28.8 Å². The first-order chi connectivity index (χ1) is 9.81. The summed E-state index contributed by atoms with van der Waals surface area (Å²) in [6.07, 6.45) is 12.5. The number of hydrogen-bond donors (Lipinski definition) is 0. The van der Waals surface area contributed by atoms with Gasteiger partial charge in [0, 0.05) is 25.9 Å². The highest BCUT2D eigenvalue weighted by Crippen LogP contribution is 2.20. The van der Waals surface area contributed by atoms with Gasteiger partial charge in [-0.05, 0) is 25.7 Å². The van der Waals surface area contributed by atoms with Crippen LogP contribution in [0.1, 0.15) is 38.5 Å². The number of ether oxygens (including phenoxy) is 1. The quantitative estimate of drug-likeness (QED) is 0.773. The maximum Gasteiger partial charge on any atom is 0.222 e.